The number of likely N-dealkylation sites (N-methyl/N-ethyl adjacent to an activating group) is 1. The predicted molar refractivity (Wildman–Crippen MR) is 61.5 cm³/mol. The molecule has 0 spiro atoms. The Morgan fingerprint density at radius 1 is 1.67 bits per heavy atom. The molecule has 0 aromatic rings. The van der Waals surface area contributed by atoms with Gasteiger partial charge in [0, 0.05) is 6.04 Å². The van der Waals surface area contributed by atoms with Crippen molar-refractivity contribution in [3.8, 4) is 0 Å². The molecule has 0 bridgehead atoms. The zero-order chi connectivity index (χ0) is 11.5. The van der Waals surface area contributed by atoms with Gasteiger partial charge < -0.3 is 16.0 Å². The molecular weight excluding hydrogens is 190 g/mol. The lowest BCUT2D eigenvalue weighted by atomic mass is 9.96. The highest BCUT2D eigenvalue weighted by Crippen LogP contribution is 2.32. The van der Waals surface area contributed by atoms with Crippen molar-refractivity contribution in [3.05, 3.63) is 0 Å². The van der Waals surface area contributed by atoms with E-state index in [0.717, 1.165) is 32.2 Å². The maximum absolute atomic E-state index is 11.4. The monoisotopic (exact) mass is 213 g/mol. The van der Waals surface area contributed by atoms with Gasteiger partial charge in [0.05, 0.1) is 5.54 Å². The largest absolute Gasteiger partial charge is 0.368 e. The summed E-state index contributed by atoms with van der Waals surface area (Å²) in [5, 5.41) is 3.10. The van der Waals surface area contributed by atoms with Gasteiger partial charge in [-0.15, -0.1) is 0 Å². The van der Waals surface area contributed by atoms with Gasteiger partial charge in [0.15, 0.2) is 0 Å². The Labute approximate surface area is 92.2 Å². The first-order valence-corrected chi connectivity index (χ1v) is 5.75. The van der Waals surface area contributed by atoms with Crippen molar-refractivity contribution in [2.75, 3.05) is 20.6 Å². The molecule has 4 heteroatoms. The fourth-order valence-corrected chi connectivity index (χ4v) is 2.50. The van der Waals surface area contributed by atoms with Gasteiger partial charge in [0.25, 0.3) is 0 Å². The van der Waals surface area contributed by atoms with Crippen molar-refractivity contribution in [2.24, 2.45) is 5.73 Å². The average molecular weight is 213 g/mol. The minimum absolute atomic E-state index is 0.211. The Balaban J connectivity index is 2.60. The van der Waals surface area contributed by atoms with Crippen LogP contribution in [0.4, 0.5) is 0 Å². The first-order valence-electron chi connectivity index (χ1n) is 5.75. The summed E-state index contributed by atoms with van der Waals surface area (Å²) in [6.07, 6.45) is 3.91. The number of carbonyl (C=O) groups is 1. The molecule has 0 heterocycles. The lowest BCUT2D eigenvalue weighted by Crippen LogP contribution is -2.53. The summed E-state index contributed by atoms with van der Waals surface area (Å²) in [6, 6.07) is 0.491. The van der Waals surface area contributed by atoms with E-state index in [2.05, 4.69) is 24.2 Å². The van der Waals surface area contributed by atoms with E-state index in [9.17, 15) is 4.79 Å². The first kappa shape index (κ1) is 12.5. The zero-order valence-corrected chi connectivity index (χ0v) is 10.0. The van der Waals surface area contributed by atoms with Gasteiger partial charge in [-0.05, 0) is 46.3 Å². The van der Waals surface area contributed by atoms with E-state index < -0.39 is 5.54 Å². The van der Waals surface area contributed by atoms with Crippen molar-refractivity contribution < 1.29 is 4.79 Å². The van der Waals surface area contributed by atoms with Crippen LogP contribution in [0.3, 0.4) is 0 Å². The van der Waals surface area contributed by atoms with Crippen molar-refractivity contribution in [2.45, 2.75) is 44.2 Å². The molecule has 0 aliphatic heterocycles. The van der Waals surface area contributed by atoms with Crippen LogP contribution in [0.5, 0.6) is 0 Å². The second-order valence-electron chi connectivity index (χ2n) is 4.57. The van der Waals surface area contributed by atoms with E-state index >= 15 is 0 Å². The second kappa shape index (κ2) is 4.94. The minimum atomic E-state index is -0.466. The van der Waals surface area contributed by atoms with Crippen LogP contribution in [-0.4, -0.2) is 43.0 Å². The Bertz CT molecular complexity index is 232. The molecule has 0 aromatic carbocycles. The molecule has 1 aliphatic rings. The summed E-state index contributed by atoms with van der Waals surface area (Å²) in [5.41, 5.74) is 4.99. The quantitative estimate of drug-likeness (QED) is 0.691. The Morgan fingerprint density at radius 2 is 2.33 bits per heavy atom. The SMILES string of the molecule is CCCN(C)C1CCC(NC)(C(N)=O)C1. The van der Waals surface area contributed by atoms with Crippen LogP contribution in [0.1, 0.15) is 32.6 Å². The van der Waals surface area contributed by atoms with Crippen LogP contribution in [-0.2, 0) is 4.79 Å². The van der Waals surface area contributed by atoms with Gasteiger partial charge in [-0.25, -0.2) is 0 Å². The highest BCUT2D eigenvalue weighted by molar-refractivity contribution is 5.85. The Hall–Kier alpha value is -0.610. The van der Waals surface area contributed by atoms with Crippen LogP contribution in [0.15, 0.2) is 0 Å². The molecule has 2 atom stereocenters. The topological polar surface area (TPSA) is 58.4 Å². The predicted octanol–water partition coefficient (Wildman–Crippen LogP) is 0.324. The number of rotatable bonds is 5. The van der Waals surface area contributed by atoms with Gasteiger partial charge in [0.1, 0.15) is 0 Å². The molecule has 0 radical (unpaired) electrons. The molecule has 88 valence electrons. The molecule has 1 aliphatic carbocycles. The van der Waals surface area contributed by atoms with Gasteiger partial charge in [-0.2, -0.15) is 0 Å². The third kappa shape index (κ3) is 2.49. The Kier molecular flexibility index (Phi) is 4.11. The molecule has 15 heavy (non-hydrogen) atoms. The molecule has 1 fully saturated rings. The van der Waals surface area contributed by atoms with Crippen molar-refractivity contribution in [1.82, 2.24) is 10.2 Å². The molecule has 0 aromatic heterocycles. The number of primary amides is 1. The van der Waals surface area contributed by atoms with Crippen molar-refractivity contribution >= 4 is 5.91 Å². The van der Waals surface area contributed by atoms with Gasteiger partial charge >= 0.3 is 0 Å². The minimum Gasteiger partial charge on any atom is -0.368 e. The molecule has 2 unspecified atom stereocenters. The van der Waals surface area contributed by atoms with E-state index in [1.807, 2.05) is 7.05 Å². The van der Waals surface area contributed by atoms with E-state index in [0.29, 0.717) is 6.04 Å². The van der Waals surface area contributed by atoms with Gasteiger partial charge in [-0.3, -0.25) is 4.79 Å². The maximum Gasteiger partial charge on any atom is 0.237 e. The number of nitrogens with one attached hydrogen (secondary N) is 1. The van der Waals surface area contributed by atoms with Gasteiger partial charge in [0.2, 0.25) is 5.91 Å². The van der Waals surface area contributed by atoms with Crippen LogP contribution < -0.4 is 11.1 Å². The molecule has 1 rings (SSSR count). The van der Waals surface area contributed by atoms with Crippen molar-refractivity contribution in [3.63, 3.8) is 0 Å². The smallest absolute Gasteiger partial charge is 0.237 e. The summed E-state index contributed by atoms with van der Waals surface area (Å²) >= 11 is 0. The maximum atomic E-state index is 11.4. The van der Waals surface area contributed by atoms with Crippen LogP contribution in [0.25, 0.3) is 0 Å². The van der Waals surface area contributed by atoms with Crippen molar-refractivity contribution in [1.29, 1.82) is 0 Å². The van der Waals surface area contributed by atoms with Gasteiger partial charge in [-0.1, -0.05) is 6.92 Å². The summed E-state index contributed by atoms with van der Waals surface area (Å²) in [4.78, 5) is 13.8. The second-order valence-corrected chi connectivity index (χ2v) is 4.57. The fraction of sp³-hybridized carbons (Fsp3) is 0.909. The number of hydrogen-bond donors (Lipinski definition) is 2. The van der Waals surface area contributed by atoms with Crippen LogP contribution in [0.2, 0.25) is 0 Å². The zero-order valence-electron chi connectivity index (χ0n) is 10.0. The summed E-state index contributed by atoms with van der Waals surface area (Å²) in [5.74, 6) is -0.211. The van der Waals surface area contributed by atoms with E-state index in [1.165, 1.54) is 0 Å². The Morgan fingerprint density at radius 3 is 2.73 bits per heavy atom. The highest BCUT2D eigenvalue weighted by Gasteiger charge is 2.43. The van der Waals surface area contributed by atoms with E-state index in [4.69, 9.17) is 5.73 Å². The number of carbonyl (C=O) groups excluding carboxylic acids is 1. The average Bonchev–Trinajstić information content (AvgIpc) is 2.63. The molecule has 0 saturated heterocycles. The first-order chi connectivity index (χ1) is 7.05. The third-order valence-corrected chi connectivity index (χ3v) is 3.64. The standard InChI is InChI=1S/C11H23N3O/c1-4-7-14(3)9-5-6-11(8-9,13-2)10(12)15/h9,13H,4-8H2,1-3H3,(H2,12,15). The molecular formula is C11H23N3O. The number of nitrogens with two attached hydrogens (primary N) is 1. The lowest BCUT2D eigenvalue weighted by molar-refractivity contribution is -0.124. The number of nitrogens with zero attached hydrogens (tertiary/aromatic N) is 1. The fourth-order valence-electron chi connectivity index (χ4n) is 2.50. The summed E-state index contributed by atoms with van der Waals surface area (Å²) < 4.78 is 0. The summed E-state index contributed by atoms with van der Waals surface area (Å²) in [7, 11) is 3.95. The van der Waals surface area contributed by atoms with E-state index in [1.54, 1.807) is 0 Å². The van der Waals surface area contributed by atoms with Crippen LogP contribution >= 0.6 is 0 Å². The highest BCUT2D eigenvalue weighted by atomic mass is 16.1. The molecule has 1 saturated carbocycles. The summed E-state index contributed by atoms with van der Waals surface area (Å²) in [6.45, 7) is 3.26. The number of amides is 1. The molecule has 1 amide bonds. The van der Waals surface area contributed by atoms with E-state index in [-0.39, 0.29) is 5.91 Å². The molecule has 3 N–H and O–H groups in total. The lowest BCUT2D eigenvalue weighted by Gasteiger charge is -2.28. The molecule has 4 nitrogen and oxygen atoms in total. The normalized spacial score (nSPS) is 31.1. The van der Waals surface area contributed by atoms with Crippen LogP contribution in [0, 0.1) is 0 Å². The third-order valence-electron chi connectivity index (χ3n) is 3.64. The number of hydrogen-bond acceptors (Lipinski definition) is 3.